The molecule has 0 saturated heterocycles. The zero-order valence-corrected chi connectivity index (χ0v) is 11.8. The zero-order valence-electron chi connectivity index (χ0n) is 9.40. The monoisotopic (exact) mass is 311 g/mol. The summed E-state index contributed by atoms with van der Waals surface area (Å²) in [6.07, 6.45) is 6.69. The van der Waals surface area contributed by atoms with Crippen molar-refractivity contribution in [3.05, 3.63) is 39.0 Å². The predicted molar refractivity (Wildman–Crippen MR) is 73.2 cm³/mol. The Hall–Kier alpha value is -0.650. The van der Waals surface area contributed by atoms with Crippen LogP contribution in [0.2, 0.25) is 0 Å². The standard InChI is InChI=1S/C12H14BrN3S/c13-12-4-3-11(17-12)7-16-6-10(15-8-16)5-14-9-1-2-9/h3-4,6,8-9,14H,1-2,5,7H2. The number of rotatable bonds is 5. The van der Waals surface area contributed by atoms with Crippen molar-refractivity contribution >= 4 is 27.3 Å². The van der Waals surface area contributed by atoms with Crippen LogP contribution in [0.15, 0.2) is 28.4 Å². The Morgan fingerprint density at radius 3 is 3.06 bits per heavy atom. The number of aromatic nitrogens is 2. The number of halogens is 1. The minimum absolute atomic E-state index is 0.744. The number of thiophene rings is 1. The third kappa shape index (κ3) is 3.18. The van der Waals surface area contributed by atoms with Gasteiger partial charge in [-0.05, 0) is 40.9 Å². The van der Waals surface area contributed by atoms with Crippen LogP contribution in [0.5, 0.6) is 0 Å². The average molecular weight is 312 g/mol. The average Bonchev–Trinajstić information content (AvgIpc) is 2.90. The van der Waals surface area contributed by atoms with Gasteiger partial charge in [-0.25, -0.2) is 4.98 Å². The summed E-state index contributed by atoms with van der Waals surface area (Å²) in [7, 11) is 0. The van der Waals surface area contributed by atoms with Crippen molar-refractivity contribution in [2.45, 2.75) is 32.0 Å². The molecule has 0 radical (unpaired) electrons. The molecule has 17 heavy (non-hydrogen) atoms. The third-order valence-corrected chi connectivity index (χ3v) is 4.41. The topological polar surface area (TPSA) is 29.9 Å². The Morgan fingerprint density at radius 2 is 2.35 bits per heavy atom. The normalized spacial score (nSPS) is 15.4. The molecule has 0 spiro atoms. The van der Waals surface area contributed by atoms with Crippen molar-refractivity contribution in [1.29, 1.82) is 0 Å². The van der Waals surface area contributed by atoms with Gasteiger partial charge in [-0.3, -0.25) is 0 Å². The molecule has 0 aliphatic heterocycles. The molecule has 5 heteroatoms. The molecule has 3 rings (SSSR count). The maximum absolute atomic E-state index is 4.41. The van der Waals surface area contributed by atoms with Gasteiger partial charge in [0.15, 0.2) is 0 Å². The van der Waals surface area contributed by atoms with Crippen molar-refractivity contribution in [1.82, 2.24) is 14.9 Å². The van der Waals surface area contributed by atoms with Gasteiger partial charge in [-0.15, -0.1) is 11.3 Å². The van der Waals surface area contributed by atoms with Gasteiger partial charge in [-0.2, -0.15) is 0 Å². The van der Waals surface area contributed by atoms with Gasteiger partial charge in [0.2, 0.25) is 0 Å². The van der Waals surface area contributed by atoms with E-state index in [1.54, 1.807) is 11.3 Å². The highest BCUT2D eigenvalue weighted by atomic mass is 79.9. The summed E-state index contributed by atoms with van der Waals surface area (Å²) in [5.74, 6) is 0. The van der Waals surface area contributed by atoms with E-state index in [1.807, 2.05) is 6.33 Å². The van der Waals surface area contributed by atoms with E-state index in [9.17, 15) is 0 Å². The van der Waals surface area contributed by atoms with Gasteiger partial charge >= 0.3 is 0 Å². The number of hydrogen-bond donors (Lipinski definition) is 1. The molecule has 90 valence electrons. The molecular weight excluding hydrogens is 298 g/mol. The Bertz CT molecular complexity index is 501. The van der Waals surface area contributed by atoms with Crippen LogP contribution in [0.3, 0.4) is 0 Å². The lowest BCUT2D eigenvalue weighted by molar-refractivity contribution is 0.676. The van der Waals surface area contributed by atoms with Gasteiger partial charge in [0, 0.05) is 23.7 Å². The van der Waals surface area contributed by atoms with Crippen molar-refractivity contribution in [3.63, 3.8) is 0 Å². The molecule has 1 fully saturated rings. The lowest BCUT2D eigenvalue weighted by atomic mass is 10.4. The van der Waals surface area contributed by atoms with Crippen LogP contribution < -0.4 is 5.32 Å². The van der Waals surface area contributed by atoms with Gasteiger partial charge in [-0.1, -0.05) is 0 Å². The molecule has 3 nitrogen and oxygen atoms in total. The van der Waals surface area contributed by atoms with Crippen LogP contribution in [-0.4, -0.2) is 15.6 Å². The molecule has 0 atom stereocenters. The fourth-order valence-corrected chi connectivity index (χ4v) is 3.23. The van der Waals surface area contributed by atoms with Gasteiger partial charge < -0.3 is 9.88 Å². The van der Waals surface area contributed by atoms with Crippen molar-refractivity contribution < 1.29 is 0 Å². The highest BCUT2D eigenvalue weighted by Gasteiger charge is 2.20. The molecule has 0 amide bonds. The molecule has 2 heterocycles. The first-order valence-corrected chi connectivity index (χ1v) is 7.39. The fourth-order valence-electron chi connectivity index (χ4n) is 1.74. The summed E-state index contributed by atoms with van der Waals surface area (Å²) in [6.45, 7) is 1.80. The second-order valence-corrected chi connectivity index (χ2v) is 6.95. The van der Waals surface area contributed by atoms with E-state index in [2.05, 4.69) is 49.1 Å². The summed E-state index contributed by atoms with van der Waals surface area (Å²) in [5.41, 5.74) is 1.13. The van der Waals surface area contributed by atoms with Crippen LogP contribution in [0, 0.1) is 0 Å². The molecule has 1 aliphatic rings. The van der Waals surface area contributed by atoms with Crippen molar-refractivity contribution in [2.24, 2.45) is 0 Å². The molecule has 1 N–H and O–H groups in total. The van der Waals surface area contributed by atoms with Crippen molar-refractivity contribution in [2.75, 3.05) is 0 Å². The molecule has 2 aromatic rings. The minimum Gasteiger partial charge on any atom is -0.332 e. The number of hydrogen-bond acceptors (Lipinski definition) is 3. The first-order chi connectivity index (χ1) is 8.29. The molecule has 1 saturated carbocycles. The quantitative estimate of drug-likeness (QED) is 0.920. The van der Waals surface area contributed by atoms with E-state index in [0.717, 1.165) is 24.8 Å². The van der Waals surface area contributed by atoms with E-state index < -0.39 is 0 Å². The second-order valence-electron chi connectivity index (χ2n) is 4.40. The summed E-state index contributed by atoms with van der Waals surface area (Å²) < 4.78 is 3.32. The van der Waals surface area contributed by atoms with Crippen LogP contribution in [0.1, 0.15) is 23.4 Å². The highest BCUT2D eigenvalue weighted by molar-refractivity contribution is 9.11. The Kier molecular flexibility index (Phi) is 3.31. The molecule has 0 bridgehead atoms. The maximum atomic E-state index is 4.41. The summed E-state index contributed by atoms with van der Waals surface area (Å²) in [6, 6.07) is 4.98. The molecule has 0 aromatic carbocycles. The smallest absolute Gasteiger partial charge is 0.0953 e. The van der Waals surface area contributed by atoms with Crippen LogP contribution >= 0.6 is 27.3 Å². The third-order valence-electron chi connectivity index (χ3n) is 2.80. The predicted octanol–water partition coefficient (Wildman–Crippen LogP) is 3.01. The minimum atomic E-state index is 0.744. The van der Waals surface area contributed by atoms with E-state index in [-0.39, 0.29) is 0 Å². The van der Waals surface area contributed by atoms with Crippen LogP contribution in [0.25, 0.3) is 0 Å². The lowest BCUT2D eigenvalue weighted by Gasteiger charge is -1.99. The van der Waals surface area contributed by atoms with Gasteiger partial charge in [0.05, 0.1) is 22.4 Å². The molecule has 1 aliphatic carbocycles. The molecular formula is C12H14BrN3S. The first kappa shape index (κ1) is 11.4. The first-order valence-electron chi connectivity index (χ1n) is 5.78. The number of nitrogens with one attached hydrogen (secondary N) is 1. The van der Waals surface area contributed by atoms with E-state index in [4.69, 9.17) is 0 Å². The van der Waals surface area contributed by atoms with E-state index >= 15 is 0 Å². The summed E-state index contributed by atoms with van der Waals surface area (Å²) >= 11 is 5.25. The largest absolute Gasteiger partial charge is 0.332 e. The van der Waals surface area contributed by atoms with Gasteiger partial charge in [0.1, 0.15) is 0 Å². The zero-order chi connectivity index (χ0) is 11.7. The lowest BCUT2D eigenvalue weighted by Crippen LogP contribution is -2.15. The second kappa shape index (κ2) is 4.92. The Balaban J connectivity index is 1.59. The molecule has 2 aromatic heterocycles. The van der Waals surface area contributed by atoms with Crippen LogP contribution in [0.4, 0.5) is 0 Å². The number of imidazole rings is 1. The SMILES string of the molecule is Brc1ccc(Cn2cnc(CNC3CC3)c2)s1. The maximum Gasteiger partial charge on any atom is 0.0953 e. The molecule has 0 unspecified atom stereocenters. The van der Waals surface area contributed by atoms with Crippen LogP contribution in [-0.2, 0) is 13.1 Å². The summed E-state index contributed by atoms with van der Waals surface area (Å²) in [4.78, 5) is 5.76. The Labute approximate surface area is 113 Å². The number of nitrogens with zero attached hydrogens (tertiary/aromatic N) is 2. The highest BCUT2D eigenvalue weighted by Crippen LogP contribution is 2.23. The van der Waals surface area contributed by atoms with E-state index in [0.29, 0.717) is 0 Å². The van der Waals surface area contributed by atoms with E-state index in [1.165, 1.54) is 21.5 Å². The van der Waals surface area contributed by atoms with Crippen molar-refractivity contribution in [3.8, 4) is 0 Å². The van der Waals surface area contributed by atoms with Gasteiger partial charge in [0.25, 0.3) is 0 Å². The fraction of sp³-hybridized carbons (Fsp3) is 0.417. The Morgan fingerprint density at radius 1 is 1.47 bits per heavy atom. The summed E-state index contributed by atoms with van der Waals surface area (Å²) in [5, 5.41) is 3.47.